The number of carbonyl (C=O) groups is 2. The van der Waals surface area contributed by atoms with E-state index in [0.29, 0.717) is 5.92 Å². The van der Waals surface area contributed by atoms with Crippen LogP contribution in [-0.2, 0) is 9.59 Å². The Morgan fingerprint density at radius 3 is 2.48 bits per heavy atom. The standard InChI is InChI=1S/C24H32ClFN2O3/c1-5-16(4)18(8-6-15(2)3)22(30)28-24-12-23(13-24,14-24)27-21(29)11-31-17-7-9-19(25)20(26)10-17/h7,9-10,16,18H,2,5-6,8,11-14H2,1,3-4H3,(H,27,29)(H,28,30). The molecule has 2 unspecified atom stereocenters. The van der Waals surface area contributed by atoms with Gasteiger partial charge in [-0.25, -0.2) is 4.39 Å². The lowest BCUT2D eigenvalue weighted by atomic mass is 9.44. The van der Waals surface area contributed by atoms with Gasteiger partial charge in [-0.15, -0.1) is 6.58 Å². The molecule has 3 saturated carbocycles. The normalized spacial score (nSPS) is 25.5. The number of carbonyl (C=O) groups excluding carboxylic acids is 2. The average molecular weight is 451 g/mol. The van der Waals surface area contributed by atoms with Crippen LogP contribution < -0.4 is 15.4 Å². The Kier molecular flexibility index (Phi) is 6.99. The van der Waals surface area contributed by atoms with Gasteiger partial charge < -0.3 is 15.4 Å². The minimum atomic E-state index is -0.587. The molecule has 1 aromatic carbocycles. The van der Waals surface area contributed by atoms with Gasteiger partial charge in [0.25, 0.3) is 5.91 Å². The molecule has 3 aliphatic rings. The van der Waals surface area contributed by atoms with Crippen LogP contribution in [0.5, 0.6) is 5.75 Å². The summed E-state index contributed by atoms with van der Waals surface area (Å²) in [6.07, 6.45) is 4.84. The van der Waals surface area contributed by atoms with Crippen LogP contribution in [0.1, 0.15) is 59.3 Å². The zero-order chi connectivity index (χ0) is 22.8. The van der Waals surface area contributed by atoms with E-state index in [0.717, 1.165) is 50.2 Å². The Hall–Kier alpha value is -2.08. The van der Waals surface area contributed by atoms with Crippen molar-refractivity contribution in [1.29, 1.82) is 0 Å². The highest BCUT2D eigenvalue weighted by Crippen LogP contribution is 2.60. The number of rotatable bonds is 11. The molecule has 0 heterocycles. The van der Waals surface area contributed by atoms with Crippen molar-refractivity contribution in [1.82, 2.24) is 10.6 Å². The van der Waals surface area contributed by atoms with Gasteiger partial charge >= 0.3 is 0 Å². The fraction of sp³-hybridized carbons (Fsp3) is 0.583. The van der Waals surface area contributed by atoms with Crippen LogP contribution in [0.2, 0.25) is 5.02 Å². The smallest absolute Gasteiger partial charge is 0.258 e. The second kappa shape index (κ2) is 9.19. The summed E-state index contributed by atoms with van der Waals surface area (Å²) < 4.78 is 18.8. The van der Waals surface area contributed by atoms with Crippen LogP contribution in [0.3, 0.4) is 0 Å². The van der Waals surface area contributed by atoms with Crippen LogP contribution >= 0.6 is 11.6 Å². The Morgan fingerprint density at radius 2 is 1.90 bits per heavy atom. The Balaban J connectivity index is 1.45. The van der Waals surface area contributed by atoms with E-state index in [2.05, 4.69) is 31.1 Å². The summed E-state index contributed by atoms with van der Waals surface area (Å²) in [7, 11) is 0. The fourth-order valence-corrected chi connectivity index (χ4v) is 4.93. The Labute approximate surface area is 188 Å². The maximum atomic E-state index is 13.5. The van der Waals surface area contributed by atoms with Crippen molar-refractivity contribution in [3.63, 3.8) is 0 Å². The first-order chi connectivity index (χ1) is 14.6. The summed E-state index contributed by atoms with van der Waals surface area (Å²) in [5.41, 5.74) is 0.638. The van der Waals surface area contributed by atoms with Crippen molar-refractivity contribution in [3.05, 3.63) is 41.2 Å². The van der Waals surface area contributed by atoms with Crippen molar-refractivity contribution in [2.24, 2.45) is 11.8 Å². The molecule has 2 amide bonds. The van der Waals surface area contributed by atoms with Crippen molar-refractivity contribution < 1.29 is 18.7 Å². The van der Waals surface area contributed by atoms with Crippen LogP contribution in [-0.4, -0.2) is 29.5 Å². The second-order valence-electron chi connectivity index (χ2n) is 9.48. The summed E-state index contributed by atoms with van der Waals surface area (Å²) in [5.74, 6) is -0.179. The molecule has 0 aromatic heterocycles. The van der Waals surface area contributed by atoms with Crippen molar-refractivity contribution >= 4 is 23.4 Å². The number of allylic oxidation sites excluding steroid dienone is 1. The number of ether oxygens (including phenoxy) is 1. The van der Waals surface area contributed by atoms with Gasteiger partial charge in [0.05, 0.1) is 5.02 Å². The third kappa shape index (κ3) is 5.40. The van der Waals surface area contributed by atoms with Crippen molar-refractivity contribution in [3.8, 4) is 5.75 Å². The molecule has 5 nitrogen and oxygen atoms in total. The Morgan fingerprint density at radius 1 is 1.26 bits per heavy atom. The van der Waals surface area contributed by atoms with Crippen molar-refractivity contribution in [2.45, 2.75) is 70.4 Å². The predicted molar refractivity (Wildman–Crippen MR) is 119 cm³/mol. The van der Waals surface area contributed by atoms with Gasteiger partial charge in [0.15, 0.2) is 6.61 Å². The number of benzene rings is 1. The van der Waals surface area contributed by atoms with Crippen LogP contribution in [0.15, 0.2) is 30.4 Å². The van der Waals surface area contributed by atoms with E-state index in [4.69, 9.17) is 16.3 Å². The van der Waals surface area contributed by atoms with Crippen LogP contribution in [0, 0.1) is 17.7 Å². The van der Waals surface area contributed by atoms with E-state index < -0.39 is 5.82 Å². The molecule has 0 aliphatic heterocycles. The van der Waals surface area contributed by atoms with E-state index in [-0.39, 0.29) is 46.2 Å². The molecule has 2 atom stereocenters. The van der Waals surface area contributed by atoms with Gasteiger partial charge in [0, 0.05) is 23.1 Å². The molecular weight excluding hydrogens is 419 g/mol. The zero-order valence-corrected chi connectivity index (χ0v) is 19.3. The lowest BCUT2D eigenvalue weighted by molar-refractivity contribution is -0.153. The Bertz CT molecular complexity index is 853. The average Bonchev–Trinajstić information content (AvgIpc) is 2.65. The molecule has 4 rings (SSSR count). The summed E-state index contributed by atoms with van der Waals surface area (Å²) in [4.78, 5) is 25.2. The molecule has 0 spiro atoms. The quantitative estimate of drug-likeness (QED) is 0.476. The van der Waals surface area contributed by atoms with Gasteiger partial charge in [-0.2, -0.15) is 0 Å². The SMILES string of the molecule is C=C(C)CCC(C(=O)NC12CC(NC(=O)COc3ccc(Cl)c(F)c3)(C1)C2)C(C)CC. The van der Waals surface area contributed by atoms with Crippen LogP contribution in [0.25, 0.3) is 0 Å². The molecule has 7 heteroatoms. The first-order valence-electron chi connectivity index (χ1n) is 10.9. The highest BCUT2D eigenvalue weighted by atomic mass is 35.5. The molecule has 3 fully saturated rings. The minimum Gasteiger partial charge on any atom is -0.484 e. The highest BCUT2D eigenvalue weighted by molar-refractivity contribution is 6.30. The van der Waals surface area contributed by atoms with Gasteiger partial charge in [-0.1, -0.05) is 37.4 Å². The number of hydrogen-bond acceptors (Lipinski definition) is 3. The fourth-order valence-electron chi connectivity index (χ4n) is 4.81. The molecule has 170 valence electrons. The molecular formula is C24H32ClFN2O3. The second-order valence-corrected chi connectivity index (χ2v) is 9.89. The molecule has 1 aromatic rings. The summed E-state index contributed by atoms with van der Waals surface area (Å²) in [5, 5.41) is 6.28. The lowest BCUT2D eigenvalue weighted by Gasteiger charge is -2.70. The highest BCUT2D eigenvalue weighted by Gasteiger charge is 2.69. The minimum absolute atomic E-state index is 0.00760. The van der Waals surface area contributed by atoms with E-state index in [1.54, 1.807) is 0 Å². The van der Waals surface area contributed by atoms with Crippen molar-refractivity contribution in [2.75, 3.05) is 6.61 Å². The number of halogens is 2. The molecule has 3 aliphatic carbocycles. The van der Waals surface area contributed by atoms with Gasteiger partial charge in [0.2, 0.25) is 5.91 Å². The van der Waals surface area contributed by atoms with Gasteiger partial charge in [-0.05, 0) is 57.1 Å². The maximum Gasteiger partial charge on any atom is 0.258 e. The van der Waals surface area contributed by atoms with E-state index in [9.17, 15) is 14.0 Å². The maximum absolute atomic E-state index is 13.5. The molecule has 31 heavy (non-hydrogen) atoms. The number of nitrogens with one attached hydrogen (secondary N) is 2. The summed E-state index contributed by atoms with van der Waals surface area (Å²) in [6.45, 7) is 9.98. The first kappa shape index (κ1) is 23.6. The summed E-state index contributed by atoms with van der Waals surface area (Å²) in [6, 6.07) is 4.06. The predicted octanol–water partition coefficient (Wildman–Crippen LogP) is 4.78. The van der Waals surface area contributed by atoms with Crippen LogP contribution in [0.4, 0.5) is 4.39 Å². The third-order valence-corrected chi connectivity index (χ3v) is 6.94. The third-order valence-electron chi connectivity index (χ3n) is 6.63. The van der Waals surface area contributed by atoms with E-state index >= 15 is 0 Å². The topological polar surface area (TPSA) is 67.4 Å². The largest absolute Gasteiger partial charge is 0.484 e. The molecule has 2 bridgehead atoms. The number of hydrogen-bond donors (Lipinski definition) is 2. The van der Waals surface area contributed by atoms with E-state index in [1.165, 1.54) is 12.1 Å². The summed E-state index contributed by atoms with van der Waals surface area (Å²) >= 11 is 5.64. The lowest BCUT2D eigenvalue weighted by Crippen LogP contribution is -2.84. The van der Waals surface area contributed by atoms with Gasteiger partial charge in [0.1, 0.15) is 11.6 Å². The molecule has 0 radical (unpaired) electrons. The van der Waals surface area contributed by atoms with E-state index in [1.807, 2.05) is 6.92 Å². The molecule has 0 saturated heterocycles. The zero-order valence-electron chi connectivity index (χ0n) is 18.5. The monoisotopic (exact) mass is 450 g/mol. The van der Waals surface area contributed by atoms with Gasteiger partial charge in [-0.3, -0.25) is 9.59 Å². The molecule has 2 N–H and O–H groups in total. The number of amides is 2. The first-order valence-corrected chi connectivity index (χ1v) is 11.3.